The van der Waals surface area contributed by atoms with Gasteiger partial charge in [0, 0.05) is 25.2 Å². The zero-order valence-corrected chi connectivity index (χ0v) is 16.0. The number of amides is 1. The maximum atomic E-state index is 12.4. The number of fused-ring (bicyclic) bond motifs is 2. The Morgan fingerprint density at radius 3 is 2.72 bits per heavy atom. The van der Waals surface area contributed by atoms with Crippen LogP contribution in [0.2, 0.25) is 0 Å². The van der Waals surface area contributed by atoms with Gasteiger partial charge < -0.3 is 19.1 Å². The van der Waals surface area contributed by atoms with Crippen molar-refractivity contribution < 1.29 is 23.8 Å². The fraction of sp³-hybridized carbons (Fsp3) is 0.227. The maximum absolute atomic E-state index is 12.4. The van der Waals surface area contributed by atoms with Gasteiger partial charge >= 0.3 is 5.97 Å². The molecule has 2 heterocycles. The number of pyridine rings is 1. The second-order valence-corrected chi connectivity index (χ2v) is 6.68. The molecule has 4 rings (SSSR count). The number of nitrogens with zero attached hydrogens (tertiary/aromatic N) is 2. The summed E-state index contributed by atoms with van der Waals surface area (Å²) in [6.07, 6.45) is 1.62. The molecule has 0 unspecified atom stereocenters. The van der Waals surface area contributed by atoms with Crippen LogP contribution >= 0.6 is 0 Å². The average molecular weight is 392 g/mol. The van der Waals surface area contributed by atoms with Gasteiger partial charge in [0.05, 0.1) is 11.1 Å². The molecule has 1 aliphatic rings. The lowest BCUT2D eigenvalue weighted by Crippen LogP contribution is -2.31. The summed E-state index contributed by atoms with van der Waals surface area (Å²) in [5.74, 6) is 0.493. The summed E-state index contributed by atoms with van der Waals surface area (Å²) in [5.41, 5.74) is 1.79. The predicted molar refractivity (Wildman–Crippen MR) is 106 cm³/mol. The van der Waals surface area contributed by atoms with Crippen molar-refractivity contribution in [3.63, 3.8) is 0 Å². The van der Waals surface area contributed by atoms with E-state index >= 15 is 0 Å². The third-order valence-electron chi connectivity index (χ3n) is 4.63. The van der Waals surface area contributed by atoms with Crippen molar-refractivity contribution in [1.29, 1.82) is 0 Å². The van der Waals surface area contributed by atoms with Gasteiger partial charge in [-0.25, -0.2) is 4.79 Å². The van der Waals surface area contributed by atoms with Gasteiger partial charge in [0.25, 0.3) is 5.91 Å². The molecule has 1 aromatic heterocycles. The van der Waals surface area contributed by atoms with Crippen molar-refractivity contribution in [2.24, 2.45) is 0 Å². The molecule has 3 aromatic rings. The summed E-state index contributed by atoms with van der Waals surface area (Å²) in [7, 11) is 1.66. The van der Waals surface area contributed by atoms with E-state index in [0.29, 0.717) is 42.3 Å². The maximum Gasteiger partial charge on any atom is 0.340 e. The van der Waals surface area contributed by atoms with Gasteiger partial charge in [-0.3, -0.25) is 9.78 Å². The normalized spacial score (nSPS) is 12.4. The molecule has 0 fully saturated rings. The number of ether oxygens (including phenoxy) is 3. The molecule has 0 N–H and O–H groups in total. The Kier molecular flexibility index (Phi) is 5.29. The molecule has 2 aromatic carbocycles. The Morgan fingerprint density at radius 2 is 1.86 bits per heavy atom. The molecule has 0 bridgehead atoms. The molecule has 148 valence electrons. The smallest absolute Gasteiger partial charge is 0.340 e. The van der Waals surface area contributed by atoms with Crippen molar-refractivity contribution in [1.82, 2.24) is 9.88 Å². The number of hydrogen-bond donors (Lipinski definition) is 0. The van der Waals surface area contributed by atoms with Gasteiger partial charge in [0.1, 0.15) is 13.2 Å². The highest BCUT2D eigenvalue weighted by atomic mass is 16.6. The lowest BCUT2D eigenvalue weighted by atomic mass is 10.1. The quantitative estimate of drug-likeness (QED) is 0.622. The minimum Gasteiger partial charge on any atom is -0.486 e. The zero-order chi connectivity index (χ0) is 20.2. The molecule has 1 aliphatic heterocycles. The van der Waals surface area contributed by atoms with Gasteiger partial charge in [-0.1, -0.05) is 24.3 Å². The highest BCUT2D eigenvalue weighted by Gasteiger charge is 2.17. The summed E-state index contributed by atoms with van der Waals surface area (Å²) < 4.78 is 16.3. The fourth-order valence-corrected chi connectivity index (χ4v) is 3.13. The highest BCUT2D eigenvalue weighted by molar-refractivity contribution is 6.03. The molecule has 7 heteroatoms. The number of esters is 1. The Bertz CT molecular complexity index is 1060. The summed E-state index contributed by atoms with van der Waals surface area (Å²) in [6.45, 7) is 1.05. The van der Waals surface area contributed by atoms with Crippen LogP contribution in [-0.4, -0.2) is 48.6 Å². The Balaban J connectivity index is 1.37. The number of carbonyl (C=O) groups excluding carboxylic acids is 2. The SMILES string of the molecule is CN(Cc1ccc2c(c1)OCCO2)C(=O)COC(=O)c1cccc2cccnc12. The third-order valence-corrected chi connectivity index (χ3v) is 4.63. The van der Waals surface area contributed by atoms with Crippen molar-refractivity contribution in [3.8, 4) is 11.5 Å². The van der Waals surface area contributed by atoms with E-state index in [1.54, 1.807) is 31.4 Å². The van der Waals surface area contributed by atoms with Crippen LogP contribution in [0.5, 0.6) is 11.5 Å². The Labute approximate surface area is 167 Å². The number of aromatic nitrogens is 1. The predicted octanol–water partition coefficient (Wildman–Crippen LogP) is 2.82. The largest absolute Gasteiger partial charge is 0.486 e. The van der Waals surface area contributed by atoms with Crippen molar-refractivity contribution >= 4 is 22.8 Å². The van der Waals surface area contributed by atoms with Gasteiger partial charge in [-0.2, -0.15) is 0 Å². The molecule has 0 aliphatic carbocycles. The van der Waals surface area contributed by atoms with E-state index in [0.717, 1.165) is 10.9 Å². The first-order chi connectivity index (χ1) is 14.1. The first-order valence-corrected chi connectivity index (χ1v) is 9.25. The molecule has 1 amide bonds. The van der Waals surface area contributed by atoms with E-state index in [9.17, 15) is 9.59 Å². The fourth-order valence-electron chi connectivity index (χ4n) is 3.13. The molecule has 0 atom stereocenters. The Morgan fingerprint density at radius 1 is 1.07 bits per heavy atom. The van der Waals surface area contributed by atoms with Crippen LogP contribution in [0, 0.1) is 0 Å². The van der Waals surface area contributed by atoms with Crippen LogP contribution in [-0.2, 0) is 16.1 Å². The number of rotatable bonds is 5. The Hall–Kier alpha value is -3.61. The molecular weight excluding hydrogens is 372 g/mol. The molecule has 0 saturated heterocycles. The summed E-state index contributed by atoms with van der Waals surface area (Å²) >= 11 is 0. The minimum absolute atomic E-state index is 0.304. The van der Waals surface area contributed by atoms with Gasteiger partial charge in [0.15, 0.2) is 18.1 Å². The second-order valence-electron chi connectivity index (χ2n) is 6.68. The molecule has 7 nitrogen and oxygen atoms in total. The average Bonchev–Trinajstić information content (AvgIpc) is 2.76. The standard InChI is InChI=1S/C22H20N2O5/c1-24(13-15-7-8-18-19(12-15)28-11-10-27-18)20(25)14-29-22(26)17-6-2-4-16-5-3-9-23-21(16)17/h2-9,12H,10-11,13-14H2,1H3. The molecule has 0 saturated carbocycles. The first-order valence-electron chi connectivity index (χ1n) is 9.25. The van der Waals surface area contributed by atoms with E-state index in [4.69, 9.17) is 14.2 Å². The molecule has 0 radical (unpaired) electrons. The van der Waals surface area contributed by atoms with Crippen LogP contribution in [0.25, 0.3) is 10.9 Å². The van der Waals surface area contributed by atoms with Crippen molar-refractivity contribution in [2.75, 3.05) is 26.9 Å². The van der Waals surface area contributed by atoms with E-state index in [-0.39, 0.29) is 12.5 Å². The monoisotopic (exact) mass is 392 g/mol. The summed E-state index contributed by atoms with van der Waals surface area (Å²) in [6, 6.07) is 14.5. The van der Waals surface area contributed by atoms with Crippen LogP contribution in [0.1, 0.15) is 15.9 Å². The highest BCUT2D eigenvalue weighted by Crippen LogP contribution is 2.31. The topological polar surface area (TPSA) is 78.0 Å². The van der Waals surface area contributed by atoms with Crippen LogP contribution in [0.3, 0.4) is 0 Å². The van der Waals surface area contributed by atoms with Crippen LogP contribution < -0.4 is 9.47 Å². The lowest BCUT2D eigenvalue weighted by molar-refractivity contribution is -0.133. The number of hydrogen-bond acceptors (Lipinski definition) is 6. The lowest BCUT2D eigenvalue weighted by Gasteiger charge is -2.21. The number of benzene rings is 2. The van der Waals surface area contributed by atoms with Gasteiger partial charge in [-0.05, 0) is 29.8 Å². The zero-order valence-electron chi connectivity index (χ0n) is 16.0. The summed E-state index contributed by atoms with van der Waals surface area (Å²) in [5, 5.41) is 0.837. The van der Waals surface area contributed by atoms with Crippen LogP contribution in [0.15, 0.2) is 54.7 Å². The minimum atomic E-state index is -0.574. The van der Waals surface area contributed by atoms with E-state index < -0.39 is 5.97 Å². The molecule has 29 heavy (non-hydrogen) atoms. The molecule has 0 spiro atoms. The van der Waals surface area contributed by atoms with Gasteiger partial charge in [0.2, 0.25) is 0 Å². The first kappa shape index (κ1) is 18.7. The van der Waals surface area contributed by atoms with Crippen LogP contribution in [0.4, 0.5) is 0 Å². The van der Waals surface area contributed by atoms with Crippen molar-refractivity contribution in [3.05, 3.63) is 65.9 Å². The van der Waals surface area contributed by atoms with E-state index in [2.05, 4.69) is 4.98 Å². The van der Waals surface area contributed by atoms with Gasteiger partial charge in [-0.15, -0.1) is 0 Å². The van der Waals surface area contributed by atoms with E-state index in [1.165, 1.54) is 4.90 Å². The van der Waals surface area contributed by atoms with Crippen molar-refractivity contribution in [2.45, 2.75) is 6.54 Å². The molecular formula is C22H20N2O5. The number of carbonyl (C=O) groups is 2. The third kappa shape index (κ3) is 4.13. The second kappa shape index (κ2) is 8.18. The summed E-state index contributed by atoms with van der Waals surface area (Å²) in [4.78, 5) is 30.6. The number of para-hydroxylation sites is 1. The van der Waals surface area contributed by atoms with E-state index in [1.807, 2.05) is 30.3 Å². The number of likely N-dealkylation sites (N-methyl/N-ethyl adjacent to an activating group) is 1.